The van der Waals surface area contributed by atoms with Crippen molar-refractivity contribution in [1.82, 2.24) is 25.3 Å². The van der Waals surface area contributed by atoms with Crippen LogP contribution in [-0.2, 0) is 18.5 Å². The molecule has 10 heteroatoms. The number of nitrogens with one attached hydrogen (secondary N) is 2. The van der Waals surface area contributed by atoms with E-state index in [1.807, 2.05) is 18.2 Å². The quantitative estimate of drug-likeness (QED) is 0.165. The Morgan fingerprint density at radius 2 is 1.64 bits per heavy atom. The van der Waals surface area contributed by atoms with Crippen LogP contribution < -0.4 is 15.5 Å². The molecule has 1 fully saturated rings. The Kier molecular flexibility index (Phi) is 7.38. The average Bonchev–Trinajstić information content (AvgIpc) is 3.61. The smallest absolute Gasteiger partial charge is 0.232 e. The Labute approximate surface area is 236 Å². The van der Waals surface area contributed by atoms with Gasteiger partial charge in [0.05, 0.1) is 0 Å². The molecule has 198 valence electrons. The molecule has 0 spiro atoms. The van der Waals surface area contributed by atoms with Gasteiger partial charge >= 0.3 is 0 Å². The zero-order valence-corrected chi connectivity index (χ0v) is 22.9. The lowest BCUT2D eigenvalue weighted by Gasteiger charge is -2.30. The Balaban J connectivity index is 1.21. The summed E-state index contributed by atoms with van der Waals surface area (Å²) < 4.78 is 13.6. The number of benzene rings is 2. The highest BCUT2D eigenvalue weighted by atomic mass is 32.2. The number of fused-ring (bicyclic) bond motifs is 1. The average molecular weight is 558 g/mol. The van der Waals surface area contributed by atoms with E-state index in [0.717, 1.165) is 55.2 Å². The molecule has 0 radical (unpaired) electrons. The number of aromatic nitrogens is 4. The predicted molar refractivity (Wildman–Crippen MR) is 155 cm³/mol. The Bertz CT molecular complexity index is 1440. The second-order valence-corrected chi connectivity index (χ2v) is 11.3. The summed E-state index contributed by atoms with van der Waals surface area (Å²) in [5.74, 6) is 1.01. The number of halogens is 1. The van der Waals surface area contributed by atoms with Gasteiger partial charge in [0, 0.05) is 43.5 Å². The van der Waals surface area contributed by atoms with E-state index in [-0.39, 0.29) is 11.2 Å². The van der Waals surface area contributed by atoms with Gasteiger partial charge in [0.25, 0.3) is 0 Å². The van der Waals surface area contributed by atoms with Crippen LogP contribution in [-0.4, -0.2) is 31.6 Å². The molecule has 0 unspecified atom stereocenters. The molecule has 4 aromatic rings. The second kappa shape index (κ2) is 11.2. The third-order valence-electron chi connectivity index (χ3n) is 7.42. The van der Waals surface area contributed by atoms with Gasteiger partial charge in [-0.1, -0.05) is 49.2 Å². The van der Waals surface area contributed by atoms with Crippen LogP contribution >= 0.6 is 24.0 Å². The van der Waals surface area contributed by atoms with Gasteiger partial charge in [0.2, 0.25) is 5.95 Å². The van der Waals surface area contributed by atoms with Crippen molar-refractivity contribution in [3.8, 4) is 0 Å². The van der Waals surface area contributed by atoms with Gasteiger partial charge in [-0.2, -0.15) is 4.98 Å². The zero-order valence-electron chi connectivity index (χ0n) is 21.3. The summed E-state index contributed by atoms with van der Waals surface area (Å²) >= 11 is 7.07. The maximum atomic E-state index is 13.6. The van der Waals surface area contributed by atoms with Crippen LogP contribution in [0.2, 0.25) is 0 Å². The molecule has 2 aromatic carbocycles. The van der Waals surface area contributed by atoms with E-state index < -0.39 is 0 Å². The highest BCUT2D eigenvalue weighted by molar-refractivity contribution is 7.99. The standard InChI is InChI=1S/C29H28FN7S2/c30-23-10-8-22(9-11-23)29(12-3-4-13-29)19-33-27(38)36-26-34-24(37-17-20-6-1-2-7-21(20)18-37)16-25(35-26)39-28-31-14-5-15-32-28/h1-2,5-11,14-16H,3-4,12-13,17-19H2,(H2,33,34,35,36,38). The SMILES string of the molecule is Fc1ccc(C2(CNC(=S)Nc3nc(Sc4ncccn4)cc(N4Cc5ccccc5C4)n3)CCCC2)cc1. The highest BCUT2D eigenvalue weighted by Gasteiger charge is 2.35. The van der Waals surface area contributed by atoms with Crippen LogP contribution in [0.3, 0.4) is 0 Å². The van der Waals surface area contributed by atoms with Crippen LogP contribution in [0.15, 0.2) is 83.2 Å². The molecule has 0 amide bonds. The molecule has 0 saturated heterocycles. The number of hydrogen-bond acceptors (Lipinski definition) is 7. The van der Waals surface area contributed by atoms with Gasteiger partial charge < -0.3 is 15.5 Å². The molecule has 2 aliphatic rings. The van der Waals surface area contributed by atoms with Crippen molar-refractivity contribution in [2.45, 2.75) is 54.4 Å². The van der Waals surface area contributed by atoms with Gasteiger partial charge in [0.1, 0.15) is 16.7 Å². The fourth-order valence-corrected chi connectivity index (χ4v) is 6.30. The number of hydrogen-bond donors (Lipinski definition) is 2. The molecule has 0 bridgehead atoms. The normalized spacial score (nSPS) is 15.7. The summed E-state index contributed by atoms with van der Waals surface area (Å²) in [7, 11) is 0. The predicted octanol–water partition coefficient (Wildman–Crippen LogP) is 5.88. The minimum absolute atomic E-state index is 0.0743. The molecule has 2 aromatic heterocycles. The lowest BCUT2D eigenvalue weighted by Crippen LogP contribution is -2.41. The van der Waals surface area contributed by atoms with Crippen LogP contribution in [0.1, 0.15) is 42.4 Å². The first-order valence-corrected chi connectivity index (χ1v) is 14.3. The maximum Gasteiger partial charge on any atom is 0.232 e. The first-order valence-electron chi connectivity index (χ1n) is 13.0. The van der Waals surface area contributed by atoms with Crippen LogP contribution in [0.5, 0.6) is 0 Å². The summed E-state index contributed by atoms with van der Waals surface area (Å²) in [6.07, 6.45) is 7.79. The summed E-state index contributed by atoms with van der Waals surface area (Å²) in [4.78, 5) is 20.4. The van der Waals surface area contributed by atoms with E-state index in [1.165, 1.54) is 35.0 Å². The Morgan fingerprint density at radius 1 is 0.949 bits per heavy atom. The van der Waals surface area contributed by atoms with Crippen molar-refractivity contribution in [2.24, 2.45) is 0 Å². The number of anilines is 2. The van der Waals surface area contributed by atoms with Crippen molar-refractivity contribution in [2.75, 3.05) is 16.8 Å². The Hall–Kier alpha value is -3.63. The van der Waals surface area contributed by atoms with Gasteiger partial charge in [-0.3, -0.25) is 0 Å². The highest BCUT2D eigenvalue weighted by Crippen LogP contribution is 2.40. The van der Waals surface area contributed by atoms with Crippen molar-refractivity contribution in [3.63, 3.8) is 0 Å². The van der Waals surface area contributed by atoms with E-state index in [2.05, 4.69) is 49.8 Å². The van der Waals surface area contributed by atoms with Gasteiger partial charge in [0.15, 0.2) is 10.3 Å². The van der Waals surface area contributed by atoms with Crippen LogP contribution in [0, 0.1) is 5.82 Å². The summed E-state index contributed by atoms with van der Waals surface area (Å²) in [6.45, 7) is 2.22. The summed E-state index contributed by atoms with van der Waals surface area (Å²) in [5.41, 5.74) is 3.66. The molecule has 1 saturated carbocycles. The first kappa shape index (κ1) is 25.6. The lowest BCUT2D eigenvalue weighted by atomic mass is 9.79. The number of rotatable bonds is 7. The lowest BCUT2D eigenvalue weighted by molar-refractivity contribution is 0.434. The fraction of sp³-hybridized carbons (Fsp3) is 0.276. The minimum Gasteiger partial charge on any atom is -0.361 e. The summed E-state index contributed by atoms with van der Waals surface area (Å²) in [6, 6.07) is 19.1. The minimum atomic E-state index is -0.218. The van der Waals surface area contributed by atoms with Gasteiger partial charge in [-0.15, -0.1) is 0 Å². The van der Waals surface area contributed by atoms with Gasteiger partial charge in [-0.25, -0.2) is 19.3 Å². The number of nitrogens with zero attached hydrogens (tertiary/aromatic N) is 5. The molecule has 3 heterocycles. The van der Waals surface area contributed by atoms with Crippen LogP contribution in [0.25, 0.3) is 0 Å². The molecule has 0 atom stereocenters. The largest absolute Gasteiger partial charge is 0.361 e. The van der Waals surface area contributed by atoms with Crippen molar-refractivity contribution in [3.05, 3.63) is 95.6 Å². The number of thiocarbonyl (C=S) groups is 1. The molecule has 7 nitrogen and oxygen atoms in total. The fourth-order valence-electron chi connectivity index (χ4n) is 5.43. The third kappa shape index (κ3) is 5.86. The molecule has 2 N–H and O–H groups in total. The van der Waals surface area contributed by atoms with Gasteiger partial charge in [-0.05, 0) is 71.7 Å². The maximum absolute atomic E-state index is 13.6. The van der Waals surface area contributed by atoms with E-state index in [9.17, 15) is 4.39 Å². The van der Waals surface area contributed by atoms with Crippen molar-refractivity contribution >= 4 is 40.9 Å². The van der Waals surface area contributed by atoms with Crippen molar-refractivity contribution in [1.29, 1.82) is 0 Å². The molecular formula is C29H28FN7S2. The first-order chi connectivity index (χ1) is 19.1. The molecule has 39 heavy (non-hydrogen) atoms. The van der Waals surface area contributed by atoms with E-state index >= 15 is 0 Å². The molecule has 1 aliphatic heterocycles. The molecule has 6 rings (SSSR count). The van der Waals surface area contributed by atoms with Crippen LogP contribution in [0.4, 0.5) is 16.2 Å². The topological polar surface area (TPSA) is 78.9 Å². The zero-order chi connectivity index (χ0) is 26.7. The Morgan fingerprint density at radius 3 is 2.33 bits per heavy atom. The molecule has 1 aliphatic carbocycles. The van der Waals surface area contributed by atoms with E-state index in [0.29, 0.717) is 22.8 Å². The van der Waals surface area contributed by atoms with E-state index in [1.54, 1.807) is 18.5 Å². The summed E-state index contributed by atoms with van der Waals surface area (Å²) in [5, 5.41) is 8.41. The monoisotopic (exact) mass is 557 g/mol. The van der Waals surface area contributed by atoms with Crippen molar-refractivity contribution < 1.29 is 4.39 Å². The van der Waals surface area contributed by atoms with E-state index in [4.69, 9.17) is 22.2 Å². The molecular weight excluding hydrogens is 530 g/mol. The second-order valence-electron chi connectivity index (χ2n) is 9.95. The third-order valence-corrected chi connectivity index (χ3v) is 8.48.